The number of rotatable bonds is 4. The fourth-order valence-corrected chi connectivity index (χ4v) is 2.19. The molecule has 2 aromatic carbocycles. The zero-order valence-corrected chi connectivity index (χ0v) is 13.2. The van der Waals surface area contributed by atoms with Gasteiger partial charge in [0.2, 0.25) is 0 Å². The second kappa shape index (κ2) is 6.53. The third-order valence-electron chi connectivity index (χ3n) is 3.46. The Kier molecular flexibility index (Phi) is 4.73. The van der Waals surface area contributed by atoms with Crippen molar-refractivity contribution in [3.63, 3.8) is 0 Å². The number of aliphatic imine (C=N–C) groups is 1. The maximum atomic E-state index is 5.51. The molecular weight excluding hydrogens is 258 g/mol. The van der Waals surface area contributed by atoms with Crippen LogP contribution >= 0.6 is 0 Å². The van der Waals surface area contributed by atoms with Gasteiger partial charge in [0.1, 0.15) is 5.71 Å². The molecule has 3 heteroatoms. The van der Waals surface area contributed by atoms with Crippen molar-refractivity contribution in [3.8, 4) is 0 Å². The van der Waals surface area contributed by atoms with Crippen molar-refractivity contribution >= 4 is 22.7 Å². The molecule has 0 aromatic heterocycles. The molecule has 0 aliphatic carbocycles. The van der Waals surface area contributed by atoms with Gasteiger partial charge in [0, 0.05) is 17.8 Å². The summed E-state index contributed by atoms with van der Waals surface area (Å²) in [5.74, 6) is 6.03. The van der Waals surface area contributed by atoms with Crippen molar-refractivity contribution < 1.29 is 0 Å². The zero-order chi connectivity index (χ0) is 15.4. The van der Waals surface area contributed by atoms with Gasteiger partial charge < -0.3 is 5.84 Å². The summed E-state index contributed by atoms with van der Waals surface area (Å²) in [6.07, 6.45) is 1.75. The van der Waals surface area contributed by atoms with Gasteiger partial charge in [-0.2, -0.15) is 5.10 Å². The normalized spacial score (nSPS) is 13.0. The Morgan fingerprint density at radius 3 is 2.33 bits per heavy atom. The van der Waals surface area contributed by atoms with Crippen LogP contribution in [0.25, 0.3) is 10.8 Å². The van der Waals surface area contributed by atoms with E-state index in [9.17, 15) is 0 Å². The topological polar surface area (TPSA) is 50.7 Å². The molecule has 0 aliphatic rings. The number of hydrogen-bond acceptors (Lipinski definition) is 3. The molecule has 0 unspecified atom stereocenters. The molecule has 0 atom stereocenters. The molecule has 0 radical (unpaired) electrons. The number of hydrazone groups is 1. The van der Waals surface area contributed by atoms with Crippen molar-refractivity contribution in [2.75, 3.05) is 0 Å². The van der Waals surface area contributed by atoms with E-state index in [2.05, 4.69) is 54.3 Å². The van der Waals surface area contributed by atoms with Crippen LogP contribution in [0.1, 0.15) is 44.7 Å². The summed E-state index contributed by atoms with van der Waals surface area (Å²) in [7, 11) is 0. The predicted octanol–water partition coefficient (Wildman–Crippen LogP) is 4.11. The van der Waals surface area contributed by atoms with E-state index in [1.807, 2.05) is 19.9 Å². The first-order valence-corrected chi connectivity index (χ1v) is 7.36. The van der Waals surface area contributed by atoms with Crippen LogP contribution in [0, 0.1) is 0 Å². The number of nitrogens with two attached hydrogens (primary N) is 1. The minimum atomic E-state index is 0.231. The molecule has 0 saturated carbocycles. The second-order valence-electron chi connectivity index (χ2n) is 5.86. The Hall–Kier alpha value is -2.16. The molecule has 2 rings (SSSR count). The third-order valence-corrected chi connectivity index (χ3v) is 3.46. The molecule has 2 aromatic rings. The van der Waals surface area contributed by atoms with Gasteiger partial charge >= 0.3 is 0 Å². The summed E-state index contributed by atoms with van der Waals surface area (Å²) >= 11 is 0. The van der Waals surface area contributed by atoms with Gasteiger partial charge in [-0.1, -0.05) is 44.2 Å². The highest BCUT2D eigenvalue weighted by Gasteiger charge is 2.05. The minimum Gasteiger partial charge on any atom is -0.323 e. The van der Waals surface area contributed by atoms with E-state index in [0.717, 1.165) is 5.56 Å². The van der Waals surface area contributed by atoms with Crippen LogP contribution < -0.4 is 5.84 Å². The lowest BCUT2D eigenvalue weighted by Crippen LogP contribution is -2.07. The molecule has 0 bridgehead atoms. The molecule has 0 saturated heterocycles. The lowest BCUT2D eigenvalue weighted by molar-refractivity contribution is 0.842. The quantitative estimate of drug-likeness (QED) is 0.512. The highest BCUT2D eigenvalue weighted by atomic mass is 15.1. The lowest BCUT2D eigenvalue weighted by Gasteiger charge is -2.08. The van der Waals surface area contributed by atoms with Gasteiger partial charge in [-0.15, -0.1) is 0 Å². The van der Waals surface area contributed by atoms with Gasteiger partial charge in [0.25, 0.3) is 0 Å². The van der Waals surface area contributed by atoms with Crippen LogP contribution in [-0.4, -0.2) is 18.0 Å². The molecule has 0 fully saturated rings. The Morgan fingerprint density at radius 2 is 1.71 bits per heavy atom. The maximum absolute atomic E-state index is 5.51. The SMILES string of the molecule is CC(C)N=C/C(=N\N)c1ccc2ccc(C(C)C)cc2c1. The van der Waals surface area contributed by atoms with Gasteiger partial charge in [-0.05, 0) is 42.2 Å². The van der Waals surface area contributed by atoms with Crippen molar-refractivity contribution in [1.29, 1.82) is 0 Å². The summed E-state index contributed by atoms with van der Waals surface area (Å²) in [6.45, 7) is 8.46. The van der Waals surface area contributed by atoms with E-state index in [1.54, 1.807) is 6.21 Å². The van der Waals surface area contributed by atoms with Crippen molar-refractivity contribution in [3.05, 3.63) is 47.5 Å². The van der Waals surface area contributed by atoms with Gasteiger partial charge in [-0.25, -0.2) is 0 Å². The second-order valence-corrected chi connectivity index (χ2v) is 5.86. The number of benzene rings is 2. The molecular formula is C18H23N3. The predicted molar refractivity (Wildman–Crippen MR) is 92.4 cm³/mol. The van der Waals surface area contributed by atoms with E-state index in [0.29, 0.717) is 11.6 Å². The van der Waals surface area contributed by atoms with Gasteiger partial charge in [-0.3, -0.25) is 4.99 Å². The Morgan fingerprint density at radius 1 is 1.00 bits per heavy atom. The molecule has 0 heterocycles. The largest absolute Gasteiger partial charge is 0.323 e. The first kappa shape index (κ1) is 15.2. The number of nitrogens with zero attached hydrogens (tertiary/aromatic N) is 2. The smallest absolute Gasteiger partial charge is 0.108 e. The number of fused-ring (bicyclic) bond motifs is 1. The lowest BCUT2D eigenvalue weighted by atomic mass is 9.97. The molecule has 0 spiro atoms. The fourth-order valence-electron chi connectivity index (χ4n) is 2.19. The summed E-state index contributed by atoms with van der Waals surface area (Å²) in [5.41, 5.74) is 3.04. The summed E-state index contributed by atoms with van der Waals surface area (Å²) in [4.78, 5) is 4.36. The van der Waals surface area contributed by atoms with E-state index >= 15 is 0 Å². The van der Waals surface area contributed by atoms with E-state index in [-0.39, 0.29) is 6.04 Å². The molecule has 110 valence electrons. The summed E-state index contributed by atoms with van der Waals surface area (Å²) in [6, 6.07) is 13.1. The monoisotopic (exact) mass is 281 g/mol. The maximum Gasteiger partial charge on any atom is 0.108 e. The third kappa shape index (κ3) is 3.69. The van der Waals surface area contributed by atoms with Crippen LogP contribution in [0.2, 0.25) is 0 Å². The average molecular weight is 281 g/mol. The number of hydrogen-bond donors (Lipinski definition) is 1. The van der Waals surface area contributed by atoms with Gasteiger partial charge in [0.15, 0.2) is 0 Å². The van der Waals surface area contributed by atoms with Crippen LogP contribution in [0.15, 0.2) is 46.5 Å². The first-order chi connectivity index (χ1) is 10.0. The molecule has 0 aliphatic heterocycles. The Bertz CT molecular complexity index is 682. The highest BCUT2D eigenvalue weighted by molar-refractivity contribution is 6.38. The van der Waals surface area contributed by atoms with E-state index in [4.69, 9.17) is 5.84 Å². The highest BCUT2D eigenvalue weighted by Crippen LogP contribution is 2.22. The van der Waals surface area contributed by atoms with Crippen molar-refractivity contribution in [2.24, 2.45) is 15.9 Å². The fraction of sp³-hybridized carbons (Fsp3) is 0.333. The molecule has 0 amide bonds. The molecule has 21 heavy (non-hydrogen) atoms. The van der Waals surface area contributed by atoms with Crippen LogP contribution in [0.3, 0.4) is 0 Å². The minimum absolute atomic E-state index is 0.231. The van der Waals surface area contributed by atoms with Crippen molar-refractivity contribution in [1.82, 2.24) is 0 Å². The zero-order valence-electron chi connectivity index (χ0n) is 13.2. The van der Waals surface area contributed by atoms with Crippen molar-refractivity contribution in [2.45, 2.75) is 39.7 Å². The average Bonchev–Trinajstić information content (AvgIpc) is 2.46. The Balaban J connectivity index is 2.45. The van der Waals surface area contributed by atoms with Crippen LogP contribution in [-0.2, 0) is 0 Å². The summed E-state index contributed by atoms with van der Waals surface area (Å²) < 4.78 is 0. The first-order valence-electron chi connectivity index (χ1n) is 7.36. The molecule has 2 N–H and O–H groups in total. The van der Waals surface area contributed by atoms with Crippen LogP contribution in [0.5, 0.6) is 0 Å². The van der Waals surface area contributed by atoms with Crippen LogP contribution in [0.4, 0.5) is 0 Å². The van der Waals surface area contributed by atoms with E-state index < -0.39 is 0 Å². The van der Waals surface area contributed by atoms with Gasteiger partial charge in [0.05, 0.1) is 0 Å². The summed E-state index contributed by atoms with van der Waals surface area (Å²) in [5, 5.41) is 6.29. The van der Waals surface area contributed by atoms with E-state index in [1.165, 1.54) is 16.3 Å². The molecule has 3 nitrogen and oxygen atoms in total. The Labute approximate surface area is 126 Å². The standard InChI is InChI=1S/C18H23N3/c1-12(2)15-7-5-14-6-8-16(10-17(14)9-15)18(21-19)11-20-13(3)4/h5-13H,19H2,1-4H3/b20-11?,21-18+.